The minimum Gasteiger partial charge on any atom is -0.458 e. The third kappa shape index (κ3) is 11.7. The van der Waals surface area contributed by atoms with Crippen molar-refractivity contribution < 1.29 is 19.1 Å². The largest absolute Gasteiger partial charge is 0.458 e. The maximum atomic E-state index is 13.0. The number of rotatable bonds is 18. The number of allylic oxidation sites excluding steroid dienone is 2. The van der Waals surface area contributed by atoms with Gasteiger partial charge in [0.1, 0.15) is 11.9 Å². The van der Waals surface area contributed by atoms with E-state index >= 15 is 0 Å². The van der Waals surface area contributed by atoms with Crippen molar-refractivity contribution in [2.45, 2.75) is 143 Å². The average Bonchev–Trinajstić information content (AvgIpc) is 2.99. The maximum absolute atomic E-state index is 13.0. The van der Waals surface area contributed by atoms with Gasteiger partial charge in [-0.15, -0.1) is 0 Å². The first kappa shape index (κ1) is 35.9. The lowest BCUT2D eigenvalue weighted by molar-refractivity contribution is -0.159. The second kappa shape index (κ2) is 19.0. The molecular formula is C40H60O4. The van der Waals surface area contributed by atoms with Crippen LogP contribution in [0.25, 0.3) is 6.08 Å². The fourth-order valence-corrected chi connectivity index (χ4v) is 7.36. The van der Waals surface area contributed by atoms with E-state index in [0.29, 0.717) is 24.0 Å². The van der Waals surface area contributed by atoms with Gasteiger partial charge in [0, 0.05) is 18.4 Å². The molecule has 44 heavy (non-hydrogen) atoms. The third-order valence-corrected chi connectivity index (χ3v) is 10.0. The van der Waals surface area contributed by atoms with Gasteiger partial charge < -0.3 is 9.47 Å². The first-order valence-electron chi connectivity index (χ1n) is 17.8. The highest BCUT2D eigenvalue weighted by Crippen LogP contribution is 2.55. The summed E-state index contributed by atoms with van der Waals surface area (Å²) in [5.74, 6) is 1.09. The SMILES string of the molecule is C=C1CCC[C@]2(C)CC[C@@H](C(C)C)[C@H](OC(=O)/C=C/c3ccc(OC(=O)CCCCCCC/C=C\CCCCCC)cc3)[C@@H]12. The fourth-order valence-electron chi connectivity index (χ4n) is 7.36. The Morgan fingerprint density at radius 3 is 2.30 bits per heavy atom. The number of benzene rings is 1. The number of esters is 2. The van der Waals surface area contributed by atoms with Gasteiger partial charge in [-0.05, 0) is 105 Å². The lowest BCUT2D eigenvalue weighted by Crippen LogP contribution is -2.50. The molecule has 244 valence electrons. The molecule has 0 unspecified atom stereocenters. The molecule has 4 heteroatoms. The van der Waals surface area contributed by atoms with Crippen molar-refractivity contribution in [1.82, 2.24) is 0 Å². The predicted octanol–water partition coefficient (Wildman–Crippen LogP) is 11.2. The molecule has 2 fully saturated rings. The van der Waals surface area contributed by atoms with Crippen LogP contribution >= 0.6 is 0 Å². The highest BCUT2D eigenvalue weighted by Gasteiger charge is 2.51. The highest BCUT2D eigenvalue weighted by molar-refractivity contribution is 5.87. The normalized spacial score (nSPS) is 23.8. The smallest absolute Gasteiger partial charge is 0.331 e. The number of unbranched alkanes of at least 4 members (excludes halogenated alkanes) is 9. The van der Waals surface area contributed by atoms with E-state index in [9.17, 15) is 9.59 Å². The summed E-state index contributed by atoms with van der Waals surface area (Å²) in [7, 11) is 0. The second-order valence-corrected chi connectivity index (χ2v) is 14.0. The summed E-state index contributed by atoms with van der Waals surface area (Å²) >= 11 is 0. The molecule has 2 saturated carbocycles. The summed E-state index contributed by atoms with van der Waals surface area (Å²) in [5, 5.41) is 0. The number of carbonyl (C=O) groups excluding carboxylic acids is 2. The highest BCUT2D eigenvalue weighted by atomic mass is 16.5. The van der Waals surface area contributed by atoms with E-state index in [0.717, 1.165) is 44.1 Å². The molecule has 2 aliphatic carbocycles. The van der Waals surface area contributed by atoms with Crippen molar-refractivity contribution in [1.29, 1.82) is 0 Å². The van der Waals surface area contributed by atoms with Crippen LogP contribution < -0.4 is 4.74 Å². The summed E-state index contributed by atoms with van der Waals surface area (Å²) in [6, 6.07) is 7.30. The predicted molar refractivity (Wildman–Crippen MR) is 183 cm³/mol. The van der Waals surface area contributed by atoms with Crippen molar-refractivity contribution >= 4 is 18.0 Å². The van der Waals surface area contributed by atoms with Crippen LogP contribution in [0.2, 0.25) is 0 Å². The number of ether oxygens (including phenoxy) is 2. The van der Waals surface area contributed by atoms with E-state index in [1.165, 1.54) is 75.9 Å². The molecule has 2 aliphatic rings. The molecule has 0 aromatic heterocycles. The van der Waals surface area contributed by atoms with Crippen LogP contribution in [-0.2, 0) is 14.3 Å². The Morgan fingerprint density at radius 2 is 1.61 bits per heavy atom. The van der Waals surface area contributed by atoms with Crippen LogP contribution in [0.4, 0.5) is 0 Å². The van der Waals surface area contributed by atoms with Gasteiger partial charge in [-0.25, -0.2) is 4.79 Å². The Bertz CT molecular complexity index is 1080. The zero-order valence-corrected chi connectivity index (χ0v) is 28.3. The zero-order valence-electron chi connectivity index (χ0n) is 28.3. The summed E-state index contributed by atoms with van der Waals surface area (Å²) in [6.07, 6.45) is 27.2. The molecule has 1 aromatic rings. The Kier molecular flexibility index (Phi) is 15.5. The quantitative estimate of drug-likeness (QED) is 0.0550. The van der Waals surface area contributed by atoms with Crippen molar-refractivity contribution in [3.8, 4) is 5.75 Å². The topological polar surface area (TPSA) is 52.6 Å². The average molecular weight is 605 g/mol. The van der Waals surface area contributed by atoms with E-state index in [-0.39, 0.29) is 29.4 Å². The number of carbonyl (C=O) groups is 2. The molecule has 3 rings (SSSR count). The standard InChI is InChI=1S/C40H60O4/c1-6-7-8-9-10-11-12-13-14-15-16-17-18-21-36(41)43-34-25-22-33(23-26-34)24-27-37(42)44-39-35(31(2)3)28-30-40(5)29-19-20-32(4)38(39)40/h11-12,22-27,31,35,38-39H,4,6-10,13-21,28-30H2,1-3,5H3/b12-11-,27-24+/t35-,38+,39-,40+/m0/s1. The van der Waals surface area contributed by atoms with Gasteiger partial charge in [-0.2, -0.15) is 0 Å². The number of fused-ring (bicyclic) bond motifs is 1. The van der Waals surface area contributed by atoms with E-state index in [1.807, 2.05) is 12.1 Å². The van der Waals surface area contributed by atoms with Crippen molar-refractivity contribution in [2.75, 3.05) is 0 Å². The maximum Gasteiger partial charge on any atom is 0.331 e. The van der Waals surface area contributed by atoms with Crippen molar-refractivity contribution in [3.05, 3.63) is 60.2 Å². The van der Waals surface area contributed by atoms with Crippen LogP contribution in [0.1, 0.15) is 142 Å². The van der Waals surface area contributed by atoms with E-state index < -0.39 is 0 Å². The van der Waals surface area contributed by atoms with Gasteiger partial charge in [0.05, 0.1) is 0 Å². The minimum atomic E-state index is -0.298. The lowest BCUT2D eigenvalue weighted by atomic mass is 9.54. The van der Waals surface area contributed by atoms with Crippen LogP contribution in [0.5, 0.6) is 5.75 Å². The fraction of sp³-hybridized carbons (Fsp3) is 0.650. The van der Waals surface area contributed by atoms with Gasteiger partial charge in [0.15, 0.2) is 0 Å². The Labute approximate surface area is 268 Å². The lowest BCUT2D eigenvalue weighted by Gasteiger charge is -2.53. The van der Waals surface area contributed by atoms with E-state index in [1.54, 1.807) is 18.2 Å². The molecule has 4 nitrogen and oxygen atoms in total. The Hall–Kier alpha value is -2.62. The molecule has 0 N–H and O–H groups in total. The first-order chi connectivity index (χ1) is 21.2. The van der Waals surface area contributed by atoms with E-state index in [2.05, 4.69) is 46.4 Å². The van der Waals surface area contributed by atoms with Crippen LogP contribution in [0.15, 0.2) is 54.6 Å². The number of hydrogen-bond acceptors (Lipinski definition) is 4. The van der Waals surface area contributed by atoms with Crippen LogP contribution in [0, 0.1) is 23.2 Å². The summed E-state index contributed by atoms with van der Waals surface area (Å²) in [5.41, 5.74) is 2.29. The molecule has 0 aliphatic heterocycles. The molecular weight excluding hydrogens is 544 g/mol. The van der Waals surface area contributed by atoms with Crippen LogP contribution in [-0.4, -0.2) is 18.0 Å². The summed E-state index contributed by atoms with van der Waals surface area (Å²) < 4.78 is 11.7. The molecule has 4 atom stereocenters. The monoisotopic (exact) mass is 604 g/mol. The van der Waals surface area contributed by atoms with Gasteiger partial charge in [0.25, 0.3) is 0 Å². The van der Waals surface area contributed by atoms with Gasteiger partial charge >= 0.3 is 11.9 Å². The first-order valence-corrected chi connectivity index (χ1v) is 17.8. The molecule has 0 heterocycles. The van der Waals surface area contributed by atoms with Gasteiger partial charge in [-0.1, -0.05) is 103 Å². The molecule has 0 spiro atoms. The molecule has 0 saturated heterocycles. The minimum absolute atomic E-state index is 0.118. The zero-order chi connectivity index (χ0) is 31.8. The van der Waals surface area contributed by atoms with Crippen molar-refractivity contribution in [2.24, 2.45) is 23.2 Å². The van der Waals surface area contributed by atoms with E-state index in [4.69, 9.17) is 9.47 Å². The van der Waals surface area contributed by atoms with Crippen LogP contribution in [0.3, 0.4) is 0 Å². The molecule has 0 radical (unpaired) electrons. The summed E-state index contributed by atoms with van der Waals surface area (Å²) in [4.78, 5) is 25.3. The van der Waals surface area contributed by atoms with Crippen molar-refractivity contribution in [3.63, 3.8) is 0 Å². The third-order valence-electron chi connectivity index (χ3n) is 10.0. The molecule has 0 amide bonds. The van der Waals surface area contributed by atoms with Gasteiger partial charge in [-0.3, -0.25) is 4.79 Å². The Balaban J connectivity index is 1.35. The molecule has 1 aromatic carbocycles. The van der Waals surface area contributed by atoms with Gasteiger partial charge in [0.2, 0.25) is 0 Å². The number of hydrogen-bond donors (Lipinski definition) is 0. The Morgan fingerprint density at radius 1 is 0.955 bits per heavy atom. The second-order valence-electron chi connectivity index (χ2n) is 14.0. The molecule has 0 bridgehead atoms. The summed E-state index contributed by atoms with van der Waals surface area (Å²) in [6.45, 7) is 13.5.